The number of carbonyl (C=O) groups is 1. The van der Waals surface area contributed by atoms with Crippen molar-refractivity contribution in [1.29, 1.82) is 0 Å². The summed E-state index contributed by atoms with van der Waals surface area (Å²) in [5.74, 6) is 0.0826. The van der Waals surface area contributed by atoms with Gasteiger partial charge in [-0.25, -0.2) is 9.07 Å². The molecule has 1 aliphatic rings. The molecule has 1 aromatic carbocycles. The van der Waals surface area contributed by atoms with Crippen LogP contribution < -0.4 is 10.6 Å². The minimum absolute atomic E-state index is 0.110. The SMILES string of the molecule is Cc1c(C(=O)NCC2CCCNC2)cnn1-c1ccc(F)cc1. The van der Waals surface area contributed by atoms with Crippen molar-refractivity contribution in [2.24, 2.45) is 5.92 Å². The van der Waals surface area contributed by atoms with Crippen LogP contribution >= 0.6 is 0 Å². The van der Waals surface area contributed by atoms with Crippen LogP contribution in [0.15, 0.2) is 30.5 Å². The van der Waals surface area contributed by atoms with Crippen molar-refractivity contribution in [1.82, 2.24) is 20.4 Å². The van der Waals surface area contributed by atoms with Crippen LogP contribution in [0.4, 0.5) is 4.39 Å². The van der Waals surface area contributed by atoms with Crippen molar-refractivity contribution < 1.29 is 9.18 Å². The lowest BCUT2D eigenvalue weighted by molar-refractivity contribution is 0.0944. The summed E-state index contributed by atoms with van der Waals surface area (Å²) in [5.41, 5.74) is 2.04. The average molecular weight is 316 g/mol. The number of amides is 1. The zero-order valence-electron chi connectivity index (χ0n) is 13.2. The standard InChI is InChI=1S/C17H21FN4O/c1-12-16(17(23)20-10-13-3-2-8-19-9-13)11-21-22(12)15-6-4-14(18)5-7-15/h4-7,11,13,19H,2-3,8-10H2,1H3,(H,20,23). The fraction of sp³-hybridized carbons (Fsp3) is 0.412. The number of nitrogens with one attached hydrogen (secondary N) is 2. The molecular weight excluding hydrogens is 295 g/mol. The molecule has 0 radical (unpaired) electrons. The summed E-state index contributed by atoms with van der Waals surface area (Å²) in [5, 5.41) is 10.6. The molecule has 23 heavy (non-hydrogen) atoms. The highest BCUT2D eigenvalue weighted by atomic mass is 19.1. The number of piperidine rings is 1. The van der Waals surface area contributed by atoms with Gasteiger partial charge in [-0.3, -0.25) is 4.79 Å². The van der Waals surface area contributed by atoms with Crippen molar-refractivity contribution in [2.75, 3.05) is 19.6 Å². The van der Waals surface area contributed by atoms with E-state index < -0.39 is 0 Å². The van der Waals surface area contributed by atoms with Crippen LogP contribution in [0.5, 0.6) is 0 Å². The van der Waals surface area contributed by atoms with Crippen molar-refractivity contribution in [3.63, 3.8) is 0 Å². The molecule has 1 aromatic heterocycles. The molecule has 6 heteroatoms. The molecule has 0 saturated carbocycles. The van der Waals surface area contributed by atoms with Crippen molar-refractivity contribution in [3.05, 3.63) is 47.5 Å². The quantitative estimate of drug-likeness (QED) is 0.907. The number of hydrogen-bond donors (Lipinski definition) is 2. The third kappa shape index (κ3) is 3.59. The maximum Gasteiger partial charge on any atom is 0.254 e. The molecule has 2 heterocycles. The topological polar surface area (TPSA) is 59.0 Å². The van der Waals surface area contributed by atoms with Gasteiger partial charge in [-0.15, -0.1) is 0 Å². The van der Waals surface area contributed by atoms with Crippen LogP contribution in [0.3, 0.4) is 0 Å². The second-order valence-electron chi connectivity index (χ2n) is 5.95. The molecule has 1 fully saturated rings. The summed E-state index contributed by atoms with van der Waals surface area (Å²) in [6, 6.07) is 6.05. The van der Waals surface area contributed by atoms with Gasteiger partial charge >= 0.3 is 0 Å². The number of hydrogen-bond acceptors (Lipinski definition) is 3. The second-order valence-corrected chi connectivity index (χ2v) is 5.95. The lowest BCUT2D eigenvalue weighted by Gasteiger charge is -2.22. The molecule has 0 spiro atoms. The molecule has 1 unspecified atom stereocenters. The predicted molar refractivity (Wildman–Crippen MR) is 86.2 cm³/mol. The molecule has 1 aliphatic heterocycles. The minimum Gasteiger partial charge on any atom is -0.352 e. The number of benzene rings is 1. The van der Waals surface area contributed by atoms with E-state index >= 15 is 0 Å². The first-order valence-electron chi connectivity index (χ1n) is 7.94. The van der Waals surface area contributed by atoms with Crippen molar-refractivity contribution in [3.8, 4) is 5.69 Å². The summed E-state index contributed by atoms with van der Waals surface area (Å²) < 4.78 is 14.7. The summed E-state index contributed by atoms with van der Waals surface area (Å²) in [6.45, 7) is 4.53. The fourth-order valence-corrected chi connectivity index (χ4v) is 2.91. The molecule has 1 atom stereocenters. The van der Waals surface area contributed by atoms with Crippen LogP contribution in [0, 0.1) is 18.7 Å². The Morgan fingerprint density at radius 1 is 1.43 bits per heavy atom. The monoisotopic (exact) mass is 316 g/mol. The summed E-state index contributed by atoms with van der Waals surface area (Å²) in [7, 11) is 0. The first-order chi connectivity index (χ1) is 11.1. The van der Waals surface area contributed by atoms with Gasteiger partial charge in [0.2, 0.25) is 0 Å². The number of carbonyl (C=O) groups excluding carboxylic acids is 1. The average Bonchev–Trinajstić information content (AvgIpc) is 2.96. The van der Waals surface area contributed by atoms with E-state index in [1.807, 2.05) is 6.92 Å². The van der Waals surface area contributed by atoms with Gasteiger partial charge in [0.25, 0.3) is 5.91 Å². The number of halogens is 1. The Hall–Kier alpha value is -2.21. The third-order valence-corrected chi connectivity index (χ3v) is 4.28. The van der Waals surface area contributed by atoms with Gasteiger partial charge in [-0.05, 0) is 63.0 Å². The Morgan fingerprint density at radius 2 is 2.22 bits per heavy atom. The van der Waals surface area contributed by atoms with E-state index in [-0.39, 0.29) is 11.7 Å². The van der Waals surface area contributed by atoms with Gasteiger partial charge in [0.1, 0.15) is 5.82 Å². The van der Waals surface area contributed by atoms with Crippen LogP contribution in [0.1, 0.15) is 28.9 Å². The van der Waals surface area contributed by atoms with Gasteiger partial charge in [0.15, 0.2) is 0 Å². The van der Waals surface area contributed by atoms with Gasteiger partial charge in [0, 0.05) is 6.54 Å². The fourth-order valence-electron chi connectivity index (χ4n) is 2.91. The van der Waals surface area contributed by atoms with Crippen LogP contribution in [0.25, 0.3) is 5.69 Å². The predicted octanol–water partition coefficient (Wildman–Crippen LogP) is 2.05. The molecule has 1 amide bonds. The van der Waals surface area contributed by atoms with Crippen LogP contribution in [-0.4, -0.2) is 35.3 Å². The van der Waals surface area contributed by atoms with E-state index in [4.69, 9.17) is 0 Å². The smallest absolute Gasteiger partial charge is 0.254 e. The van der Waals surface area contributed by atoms with E-state index in [1.165, 1.54) is 12.1 Å². The van der Waals surface area contributed by atoms with E-state index in [0.29, 0.717) is 18.0 Å². The molecule has 2 aromatic rings. The zero-order valence-corrected chi connectivity index (χ0v) is 13.2. The zero-order chi connectivity index (χ0) is 16.2. The van der Waals surface area contributed by atoms with Gasteiger partial charge < -0.3 is 10.6 Å². The lowest BCUT2D eigenvalue weighted by atomic mass is 10.00. The maximum atomic E-state index is 13.0. The summed E-state index contributed by atoms with van der Waals surface area (Å²) in [4.78, 5) is 12.4. The molecule has 1 saturated heterocycles. The largest absolute Gasteiger partial charge is 0.352 e. The Labute approximate surface area is 134 Å². The minimum atomic E-state index is -0.294. The van der Waals surface area contributed by atoms with Gasteiger partial charge in [-0.1, -0.05) is 0 Å². The number of aromatic nitrogens is 2. The number of nitrogens with zero attached hydrogens (tertiary/aromatic N) is 2. The normalized spacial score (nSPS) is 17.9. The highest BCUT2D eigenvalue weighted by Crippen LogP contribution is 2.15. The van der Waals surface area contributed by atoms with Crippen molar-refractivity contribution in [2.45, 2.75) is 19.8 Å². The Balaban J connectivity index is 1.68. The Bertz CT molecular complexity index is 674. The third-order valence-electron chi connectivity index (χ3n) is 4.28. The van der Waals surface area contributed by atoms with Gasteiger partial charge in [-0.2, -0.15) is 5.10 Å². The van der Waals surface area contributed by atoms with Crippen LogP contribution in [-0.2, 0) is 0 Å². The maximum absolute atomic E-state index is 13.0. The number of rotatable bonds is 4. The molecule has 122 valence electrons. The second kappa shape index (κ2) is 6.91. The summed E-state index contributed by atoms with van der Waals surface area (Å²) in [6.07, 6.45) is 3.86. The molecule has 0 bridgehead atoms. The molecule has 2 N–H and O–H groups in total. The van der Waals surface area contributed by atoms with E-state index in [9.17, 15) is 9.18 Å². The van der Waals surface area contributed by atoms with Gasteiger partial charge in [0.05, 0.1) is 23.1 Å². The molecule has 3 rings (SSSR count). The summed E-state index contributed by atoms with van der Waals surface area (Å²) >= 11 is 0. The van der Waals surface area contributed by atoms with E-state index in [2.05, 4.69) is 15.7 Å². The highest BCUT2D eigenvalue weighted by molar-refractivity contribution is 5.95. The van der Waals surface area contributed by atoms with E-state index in [1.54, 1.807) is 23.0 Å². The van der Waals surface area contributed by atoms with Crippen molar-refractivity contribution >= 4 is 5.91 Å². The molecular formula is C17H21FN4O. The lowest BCUT2D eigenvalue weighted by Crippen LogP contribution is -2.38. The van der Waals surface area contributed by atoms with Crippen LogP contribution in [0.2, 0.25) is 0 Å². The highest BCUT2D eigenvalue weighted by Gasteiger charge is 2.18. The Kier molecular flexibility index (Phi) is 4.71. The Morgan fingerprint density at radius 3 is 2.91 bits per heavy atom. The molecule has 5 nitrogen and oxygen atoms in total. The molecule has 0 aliphatic carbocycles. The van der Waals surface area contributed by atoms with E-state index in [0.717, 1.165) is 37.3 Å². The first-order valence-corrected chi connectivity index (χ1v) is 7.94. The first kappa shape index (κ1) is 15.7.